The maximum atomic E-state index is 5.59. The summed E-state index contributed by atoms with van der Waals surface area (Å²) in [6.07, 6.45) is 0.837. The minimum absolute atomic E-state index is 0. The van der Waals surface area contributed by atoms with E-state index in [2.05, 4.69) is 46.8 Å². The maximum absolute atomic E-state index is 5.59. The summed E-state index contributed by atoms with van der Waals surface area (Å²) < 4.78 is 11.0. The topological polar surface area (TPSA) is 54.9 Å². The number of aryl methyl sites for hydroxylation is 1. The van der Waals surface area contributed by atoms with E-state index in [0.29, 0.717) is 6.54 Å². The third-order valence-electron chi connectivity index (χ3n) is 4.26. The molecule has 0 radical (unpaired) electrons. The Kier molecular flexibility index (Phi) is 10.8. The van der Waals surface area contributed by atoms with Crippen molar-refractivity contribution >= 4 is 29.9 Å². The van der Waals surface area contributed by atoms with Gasteiger partial charge >= 0.3 is 0 Å². The van der Waals surface area contributed by atoms with E-state index in [1.807, 2.05) is 24.3 Å². The lowest BCUT2D eigenvalue weighted by Gasteiger charge is -2.19. The highest BCUT2D eigenvalue weighted by molar-refractivity contribution is 14.0. The molecule has 0 fully saturated rings. The fourth-order valence-corrected chi connectivity index (χ4v) is 2.83. The zero-order valence-corrected chi connectivity index (χ0v) is 18.8. The molecule has 0 saturated heterocycles. The van der Waals surface area contributed by atoms with Crippen LogP contribution < -0.4 is 15.4 Å². The summed E-state index contributed by atoms with van der Waals surface area (Å²) in [4.78, 5) is 4.29. The van der Waals surface area contributed by atoms with Gasteiger partial charge in [0, 0.05) is 27.2 Å². The Labute approximate surface area is 179 Å². The summed E-state index contributed by atoms with van der Waals surface area (Å²) in [6, 6.07) is 16.4. The maximum Gasteiger partial charge on any atom is 0.191 e. The van der Waals surface area contributed by atoms with Crippen molar-refractivity contribution in [3.8, 4) is 5.75 Å². The van der Waals surface area contributed by atoms with Crippen molar-refractivity contribution in [3.05, 3.63) is 65.2 Å². The summed E-state index contributed by atoms with van der Waals surface area (Å²) in [5, 5.41) is 6.68. The number of guanidine groups is 1. The van der Waals surface area contributed by atoms with Gasteiger partial charge in [-0.25, -0.2) is 0 Å². The van der Waals surface area contributed by atoms with Crippen molar-refractivity contribution in [1.82, 2.24) is 10.6 Å². The first kappa shape index (κ1) is 23.2. The van der Waals surface area contributed by atoms with Crippen LogP contribution in [-0.4, -0.2) is 40.3 Å². The largest absolute Gasteiger partial charge is 0.496 e. The Morgan fingerprint density at radius 1 is 1.07 bits per heavy atom. The molecule has 0 saturated carbocycles. The van der Waals surface area contributed by atoms with Crippen molar-refractivity contribution in [2.75, 3.05) is 34.4 Å². The first-order valence-corrected chi connectivity index (χ1v) is 8.83. The zero-order valence-electron chi connectivity index (χ0n) is 16.5. The minimum Gasteiger partial charge on any atom is -0.496 e. The van der Waals surface area contributed by atoms with E-state index in [0.717, 1.165) is 30.2 Å². The van der Waals surface area contributed by atoms with Gasteiger partial charge in [0.25, 0.3) is 0 Å². The van der Waals surface area contributed by atoms with Crippen LogP contribution in [0, 0.1) is 6.92 Å². The monoisotopic (exact) mass is 483 g/mol. The fourth-order valence-electron chi connectivity index (χ4n) is 2.83. The molecular weight excluding hydrogens is 453 g/mol. The molecule has 0 amide bonds. The molecule has 0 spiro atoms. The number of aliphatic imine (C=N–C) groups is 1. The fraction of sp³-hybridized carbons (Fsp3) is 0.381. The highest BCUT2D eigenvalue weighted by Gasteiger charge is 2.11. The molecule has 2 aromatic rings. The van der Waals surface area contributed by atoms with Gasteiger partial charge in [-0.2, -0.15) is 0 Å². The lowest BCUT2D eigenvalue weighted by molar-refractivity contribution is 0.106. The lowest BCUT2D eigenvalue weighted by atomic mass is 10.1. The number of halogens is 1. The number of methoxy groups -OCH3 is 2. The van der Waals surface area contributed by atoms with Crippen molar-refractivity contribution < 1.29 is 9.47 Å². The Morgan fingerprint density at radius 3 is 2.44 bits per heavy atom. The number of benzene rings is 2. The van der Waals surface area contributed by atoms with E-state index in [1.165, 1.54) is 11.1 Å². The third-order valence-corrected chi connectivity index (χ3v) is 4.26. The number of nitrogens with zero attached hydrogens (tertiary/aromatic N) is 1. The summed E-state index contributed by atoms with van der Waals surface area (Å²) >= 11 is 0. The van der Waals surface area contributed by atoms with E-state index in [1.54, 1.807) is 21.3 Å². The van der Waals surface area contributed by atoms with Gasteiger partial charge in [0.15, 0.2) is 5.96 Å². The Hall–Kier alpha value is -1.80. The molecule has 0 aliphatic carbocycles. The molecule has 6 heteroatoms. The van der Waals surface area contributed by atoms with Gasteiger partial charge < -0.3 is 20.1 Å². The molecule has 0 bridgehead atoms. The van der Waals surface area contributed by atoms with Crippen molar-refractivity contribution in [3.63, 3.8) is 0 Å². The molecule has 2 aromatic carbocycles. The second-order valence-corrected chi connectivity index (χ2v) is 6.08. The van der Waals surface area contributed by atoms with Crippen LogP contribution in [0.4, 0.5) is 0 Å². The standard InChI is InChI=1S/C21H29N3O2.HI/c1-16-10-11-19(25-3)18(14-16)12-13-23-21(22-2)24-15-20(26-4)17-8-6-5-7-9-17;/h5-11,14,20H,12-13,15H2,1-4H3,(H2,22,23,24);1H. The van der Waals surface area contributed by atoms with Crippen LogP contribution >= 0.6 is 24.0 Å². The molecule has 5 nitrogen and oxygen atoms in total. The third kappa shape index (κ3) is 7.38. The Bertz CT molecular complexity index is 708. The SMILES string of the molecule is CN=C(NCCc1cc(C)ccc1OC)NCC(OC)c1ccccc1.I. The molecule has 2 rings (SSSR count). The van der Waals surface area contributed by atoms with Crippen molar-refractivity contribution in [1.29, 1.82) is 0 Å². The number of ether oxygens (including phenoxy) is 2. The zero-order chi connectivity index (χ0) is 18.8. The van der Waals surface area contributed by atoms with Crippen LogP contribution in [0.15, 0.2) is 53.5 Å². The second kappa shape index (κ2) is 12.6. The van der Waals surface area contributed by atoms with Crippen LogP contribution in [0.1, 0.15) is 22.8 Å². The minimum atomic E-state index is -0.0217. The average molecular weight is 483 g/mol. The highest BCUT2D eigenvalue weighted by Crippen LogP contribution is 2.19. The van der Waals surface area contributed by atoms with Gasteiger partial charge in [-0.15, -0.1) is 24.0 Å². The molecule has 2 N–H and O–H groups in total. The van der Waals surface area contributed by atoms with Gasteiger partial charge in [-0.05, 0) is 30.5 Å². The van der Waals surface area contributed by atoms with Crippen molar-refractivity contribution in [2.45, 2.75) is 19.4 Å². The normalized spacial score (nSPS) is 12.1. The summed E-state index contributed by atoms with van der Waals surface area (Å²) in [5.41, 5.74) is 3.56. The molecule has 0 aromatic heterocycles. The van der Waals surface area contributed by atoms with Crippen LogP contribution in [-0.2, 0) is 11.2 Å². The average Bonchev–Trinajstić information content (AvgIpc) is 2.68. The van der Waals surface area contributed by atoms with Gasteiger partial charge in [0.05, 0.1) is 13.2 Å². The predicted octanol–water partition coefficient (Wildman–Crippen LogP) is 3.72. The van der Waals surface area contributed by atoms with E-state index in [9.17, 15) is 0 Å². The van der Waals surface area contributed by atoms with Crippen LogP contribution in [0.3, 0.4) is 0 Å². The summed E-state index contributed by atoms with van der Waals surface area (Å²) in [7, 11) is 5.20. The lowest BCUT2D eigenvalue weighted by Crippen LogP contribution is -2.40. The van der Waals surface area contributed by atoms with Crippen LogP contribution in [0.25, 0.3) is 0 Å². The highest BCUT2D eigenvalue weighted by atomic mass is 127. The number of nitrogens with one attached hydrogen (secondary N) is 2. The smallest absolute Gasteiger partial charge is 0.191 e. The predicted molar refractivity (Wildman–Crippen MR) is 122 cm³/mol. The van der Waals surface area contributed by atoms with E-state index >= 15 is 0 Å². The molecule has 0 aliphatic rings. The number of rotatable bonds is 8. The van der Waals surface area contributed by atoms with Gasteiger partial charge in [0.1, 0.15) is 5.75 Å². The summed E-state index contributed by atoms with van der Waals surface area (Å²) in [6.45, 7) is 3.50. The molecule has 27 heavy (non-hydrogen) atoms. The van der Waals surface area contributed by atoms with Crippen LogP contribution in [0.5, 0.6) is 5.75 Å². The second-order valence-electron chi connectivity index (χ2n) is 6.08. The van der Waals surface area contributed by atoms with Crippen LogP contribution in [0.2, 0.25) is 0 Å². The summed E-state index contributed by atoms with van der Waals surface area (Å²) in [5.74, 6) is 1.68. The van der Waals surface area contributed by atoms with Crippen molar-refractivity contribution in [2.24, 2.45) is 4.99 Å². The molecule has 148 valence electrons. The molecule has 0 aliphatic heterocycles. The van der Waals surface area contributed by atoms with E-state index in [-0.39, 0.29) is 30.1 Å². The Balaban J connectivity index is 0.00000364. The van der Waals surface area contributed by atoms with E-state index < -0.39 is 0 Å². The molecular formula is C21H30IN3O2. The molecule has 1 atom stereocenters. The quantitative estimate of drug-likeness (QED) is 0.342. The number of hydrogen-bond acceptors (Lipinski definition) is 3. The Morgan fingerprint density at radius 2 is 1.81 bits per heavy atom. The van der Waals surface area contributed by atoms with Gasteiger partial charge in [-0.3, -0.25) is 4.99 Å². The number of hydrogen-bond donors (Lipinski definition) is 2. The van der Waals surface area contributed by atoms with E-state index in [4.69, 9.17) is 9.47 Å². The molecule has 1 unspecified atom stereocenters. The molecule has 0 heterocycles. The first-order chi connectivity index (χ1) is 12.7. The van der Waals surface area contributed by atoms with Gasteiger partial charge in [0.2, 0.25) is 0 Å². The van der Waals surface area contributed by atoms with Gasteiger partial charge in [-0.1, -0.05) is 48.0 Å². The first-order valence-electron chi connectivity index (χ1n) is 8.83.